The number of nitrogens with zero attached hydrogens (tertiary/aromatic N) is 1. The molecule has 0 fully saturated rings. The van der Waals surface area contributed by atoms with Crippen molar-refractivity contribution in [3.63, 3.8) is 0 Å². The SMILES string of the molecule is O=C(/C=C/c1ccccc1)Nc1nc(CC(=O)NCc2ccc(F)cc2F)cs1. The second-order valence-corrected chi connectivity index (χ2v) is 6.92. The van der Waals surface area contributed by atoms with E-state index in [9.17, 15) is 18.4 Å². The summed E-state index contributed by atoms with van der Waals surface area (Å²) in [5, 5.41) is 7.24. The summed E-state index contributed by atoms with van der Waals surface area (Å²) in [5.41, 5.74) is 1.57. The predicted octanol–water partition coefficient (Wildman–Crippen LogP) is 3.93. The first-order valence-corrected chi connectivity index (χ1v) is 9.57. The lowest BCUT2D eigenvalue weighted by molar-refractivity contribution is -0.120. The summed E-state index contributed by atoms with van der Waals surface area (Å²) in [7, 11) is 0. The van der Waals surface area contributed by atoms with Crippen LogP contribution < -0.4 is 10.6 Å². The van der Waals surface area contributed by atoms with Gasteiger partial charge in [0.2, 0.25) is 11.8 Å². The van der Waals surface area contributed by atoms with Gasteiger partial charge in [0, 0.05) is 29.6 Å². The van der Waals surface area contributed by atoms with Crippen molar-refractivity contribution in [3.8, 4) is 0 Å². The number of amides is 2. The monoisotopic (exact) mass is 413 g/mol. The number of thiazole rings is 1. The zero-order chi connectivity index (χ0) is 20.6. The highest BCUT2D eigenvalue weighted by atomic mass is 32.1. The second-order valence-electron chi connectivity index (χ2n) is 6.07. The third kappa shape index (κ3) is 6.32. The minimum absolute atomic E-state index is 0.0188. The molecule has 148 valence electrons. The van der Waals surface area contributed by atoms with Gasteiger partial charge in [-0.15, -0.1) is 11.3 Å². The molecule has 8 heteroatoms. The molecule has 5 nitrogen and oxygen atoms in total. The van der Waals surface area contributed by atoms with Crippen LogP contribution in [0, 0.1) is 11.6 Å². The van der Waals surface area contributed by atoms with Gasteiger partial charge in [-0.3, -0.25) is 14.9 Å². The van der Waals surface area contributed by atoms with Crippen molar-refractivity contribution in [2.45, 2.75) is 13.0 Å². The number of benzene rings is 2. The average Bonchev–Trinajstić information content (AvgIpc) is 3.13. The van der Waals surface area contributed by atoms with E-state index in [0.29, 0.717) is 10.8 Å². The fourth-order valence-corrected chi connectivity index (χ4v) is 3.13. The van der Waals surface area contributed by atoms with Crippen molar-refractivity contribution in [1.82, 2.24) is 10.3 Å². The third-order valence-corrected chi connectivity index (χ3v) is 4.65. The molecule has 2 amide bonds. The smallest absolute Gasteiger partial charge is 0.250 e. The maximum Gasteiger partial charge on any atom is 0.250 e. The van der Waals surface area contributed by atoms with Gasteiger partial charge < -0.3 is 5.32 Å². The molecule has 0 spiro atoms. The lowest BCUT2D eigenvalue weighted by Gasteiger charge is -2.05. The van der Waals surface area contributed by atoms with Crippen LogP contribution in [0.4, 0.5) is 13.9 Å². The van der Waals surface area contributed by atoms with Gasteiger partial charge in [-0.2, -0.15) is 0 Å². The van der Waals surface area contributed by atoms with E-state index < -0.39 is 11.6 Å². The highest BCUT2D eigenvalue weighted by molar-refractivity contribution is 7.14. The average molecular weight is 413 g/mol. The van der Waals surface area contributed by atoms with Crippen LogP contribution in [0.5, 0.6) is 0 Å². The number of carbonyl (C=O) groups excluding carboxylic acids is 2. The molecule has 0 aliphatic rings. The Morgan fingerprint density at radius 3 is 2.66 bits per heavy atom. The van der Waals surface area contributed by atoms with Crippen LogP contribution in [0.25, 0.3) is 6.08 Å². The van der Waals surface area contributed by atoms with E-state index in [-0.39, 0.29) is 30.3 Å². The van der Waals surface area contributed by atoms with Crippen LogP contribution in [0.3, 0.4) is 0 Å². The fraction of sp³-hybridized carbons (Fsp3) is 0.0952. The maximum atomic E-state index is 13.6. The molecule has 1 aromatic heterocycles. The topological polar surface area (TPSA) is 71.1 Å². The number of rotatable bonds is 7. The van der Waals surface area contributed by atoms with Crippen LogP contribution in [-0.2, 0) is 22.6 Å². The van der Waals surface area contributed by atoms with Crippen molar-refractivity contribution in [3.05, 3.63) is 88.4 Å². The molecule has 3 rings (SSSR count). The number of hydrogen-bond donors (Lipinski definition) is 2. The first-order chi connectivity index (χ1) is 14.0. The zero-order valence-electron chi connectivity index (χ0n) is 15.2. The van der Waals surface area contributed by atoms with Crippen molar-refractivity contribution >= 4 is 34.4 Å². The number of halogens is 2. The Labute approximate surface area is 170 Å². The summed E-state index contributed by atoms with van der Waals surface area (Å²) in [6, 6.07) is 12.6. The van der Waals surface area contributed by atoms with E-state index in [1.807, 2.05) is 30.3 Å². The summed E-state index contributed by atoms with van der Waals surface area (Å²) in [6.07, 6.45) is 3.07. The van der Waals surface area contributed by atoms with Gasteiger partial charge in [0.15, 0.2) is 5.13 Å². The van der Waals surface area contributed by atoms with Gasteiger partial charge in [-0.25, -0.2) is 13.8 Å². The Morgan fingerprint density at radius 1 is 1.10 bits per heavy atom. The summed E-state index contributed by atoms with van der Waals surface area (Å²) in [5.74, 6) is -2.08. The minimum atomic E-state index is -0.715. The lowest BCUT2D eigenvalue weighted by Crippen LogP contribution is -2.25. The first-order valence-electron chi connectivity index (χ1n) is 8.69. The molecular formula is C21H17F2N3O2S. The van der Waals surface area contributed by atoms with Gasteiger partial charge in [0.1, 0.15) is 11.6 Å². The minimum Gasteiger partial charge on any atom is -0.352 e. The molecule has 0 saturated heterocycles. The Bertz CT molecular complexity index is 1040. The quantitative estimate of drug-likeness (QED) is 0.577. The normalized spacial score (nSPS) is 10.8. The number of carbonyl (C=O) groups is 2. The number of aromatic nitrogens is 1. The highest BCUT2D eigenvalue weighted by Gasteiger charge is 2.10. The van der Waals surface area contributed by atoms with E-state index in [4.69, 9.17) is 0 Å². The molecule has 0 aliphatic heterocycles. The van der Waals surface area contributed by atoms with Gasteiger partial charge in [-0.05, 0) is 17.7 Å². The van der Waals surface area contributed by atoms with E-state index >= 15 is 0 Å². The molecule has 0 unspecified atom stereocenters. The van der Waals surface area contributed by atoms with Gasteiger partial charge in [0.05, 0.1) is 12.1 Å². The predicted molar refractivity (Wildman–Crippen MR) is 108 cm³/mol. The van der Waals surface area contributed by atoms with Crippen LogP contribution in [0.15, 0.2) is 60.0 Å². The van der Waals surface area contributed by atoms with Crippen LogP contribution in [-0.4, -0.2) is 16.8 Å². The molecule has 2 aromatic carbocycles. The molecule has 3 aromatic rings. The Morgan fingerprint density at radius 2 is 1.90 bits per heavy atom. The first kappa shape index (κ1) is 20.3. The molecular weight excluding hydrogens is 396 g/mol. The van der Waals surface area contributed by atoms with Crippen molar-refractivity contribution in [2.75, 3.05) is 5.32 Å². The van der Waals surface area contributed by atoms with Crippen molar-refractivity contribution < 1.29 is 18.4 Å². The lowest BCUT2D eigenvalue weighted by atomic mass is 10.2. The molecule has 29 heavy (non-hydrogen) atoms. The van der Waals surface area contributed by atoms with Crippen molar-refractivity contribution in [2.24, 2.45) is 0 Å². The molecule has 0 bridgehead atoms. The number of anilines is 1. The van der Waals surface area contributed by atoms with Gasteiger partial charge >= 0.3 is 0 Å². The van der Waals surface area contributed by atoms with E-state index in [1.54, 1.807) is 11.5 Å². The fourth-order valence-electron chi connectivity index (χ4n) is 2.41. The molecule has 0 aliphatic carbocycles. The largest absolute Gasteiger partial charge is 0.352 e. The summed E-state index contributed by atoms with van der Waals surface area (Å²) < 4.78 is 26.5. The molecule has 1 heterocycles. The Kier molecular flexibility index (Phi) is 6.80. The highest BCUT2D eigenvalue weighted by Crippen LogP contribution is 2.16. The van der Waals surface area contributed by atoms with E-state index in [2.05, 4.69) is 15.6 Å². The number of nitrogens with one attached hydrogen (secondary N) is 2. The van der Waals surface area contributed by atoms with Crippen LogP contribution in [0.2, 0.25) is 0 Å². The molecule has 0 saturated carbocycles. The van der Waals surface area contributed by atoms with Gasteiger partial charge in [0.25, 0.3) is 0 Å². The standard InChI is InChI=1S/C21H17F2N3O2S/c22-16-8-7-15(18(23)10-16)12-24-20(28)11-17-13-29-21(25-17)26-19(27)9-6-14-4-2-1-3-5-14/h1-10,13H,11-12H2,(H,24,28)(H,25,26,27)/b9-6+. The van der Waals surface area contributed by atoms with Crippen LogP contribution >= 0.6 is 11.3 Å². The molecule has 0 radical (unpaired) electrons. The van der Waals surface area contributed by atoms with E-state index in [1.165, 1.54) is 23.5 Å². The summed E-state index contributed by atoms with van der Waals surface area (Å²) >= 11 is 1.20. The van der Waals surface area contributed by atoms with Gasteiger partial charge in [-0.1, -0.05) is 36.4 Å². The number of hydrogen-bond acceptors (Lipinski definition) is 4. The second kappa shape index (κ2) is 9.70. The molecule has 0 atom stereocenters. The van der Waals surface area contributed by atoms with E-state index in [0.717, 1.165) is 17.7 Å². The Balaban J connectivity index is 1.48. The Hall–Kier alpha value is -3.39. The zero-order valence-corrected chi connectivity index (χ0v) is 16.0. The van der Waals surface area contributed by atoms with Crippen LogP contribution in [0.1, 0.15) is 16.8 Å². The maximum absolute atomic E-state index is 13.6. The molecule has 2 N–H and O–H groups in total. The summed E-state index contributed by atoms with van der Waals surface area (Å²) in [4.78, 5) is 28.2. The summed E-state index contributed by atoms with van der Waals surface area (Å²) in [6.45, 7) is -0.0526. The van der Waals surface area contributed by atoms with Crippen molar-refractivity contribution in [1.29, 1.82) is 0 Å². The third-order valence-electron chi connectivity index (χ3n) is 3.84.